The number of aromatic amines is 2. The maximum absolute atomic E-state index is 12.8. The standard InChI is InChI=1S/C20H16ClN3O6S/c1-2-29-20(26)30-15-10-22-18-17(15)12-9-11(7-8-14(12)23-19(18)25)24-31(27,28)16-6-4-3-5-13(16)21/h3-10,22,24H,2H2,1H3,(H,23,25). The Bertz CT molecular complexity index is 1480. The van der Waals surface area contributed by atoms with Gasteiger partial charge in [-0.15, -0.1) is 0 Å². The maximum Gasteiger partial charge on any atom is 0.513 e. The number of hydrogen-bond acceptors (Lipinski definition) is 6. The van der Waals surface area contributed by atoms with E-state index < -0.39 is 21.7 Å². The van der Waals surface area contributed by atoms with Gasteiger partial charge in [0.15, 0.2) is 5.75 Å². The Morgan fingerprint density at radius 2 is 1.97 bits per heavy atom. The minimum atomic E-state index is -3.96. The van der Waals surface area contributed by atoms with E-state index in [1.807, 2.05) is 0 Å². The van der Waals surface area contributed by atoms with Crippen molar-refractivity contribution in [3.63, 3.8) is 0 Å². The summed E-state index contributed by atoms with van der Waals surface area (Å²) in [6, 6.07) is 10.6. The molecule has 9 nitrogen and oxygen atoms in total. The summed E-state index contributed by atoms with van der Waals surface area (Å²) in [5.41, 5.74) is 0.388. The Labute approximate surface area is 181 Å². The first-order valence-electron chi connectivity index (χ1n) is 9.09. The number of nitrogens with one attached hydrogen (secondary N) is 3. The first kappa shape index (κ1) is 20.8. The molecule has 4 rings (SSSR count). The fourth-order valence-corrected chi connectivity index (χ4v) is 4.72. The molecule has 0 amide bonds. The van der Waals surface area contributed by atoms with Crippen LogP contribution in [0.15, 0.2) is 58.4 Å². The number of benzene rings is 2. The molecule has 0 saturated heterocycles. The summed E-state index contributed by atoms with van der Waals surface area (Å²) in [5.74, 6) is 0.0793. The van der Waals surface area contributed by atoms with E-state index in [0.717, 1.165) is 0 Å². The van der Waals surface area contributed by atoms with Gasteiger partial charge in [0.25, 0.3) is 15.6 Å². The Hall–Kier alpha value is -3.50. The predicted molar refractivity (Wildman–Crippen MR) is 116 cm³/mol. The Kier molecular flexibility index (Phi) is 5.34. The summed E-state index contributed by atoms with van der Waals surface area (Å²) in [5, 5.41) is 0.846. The van der Waals surface area contributed by atoms with Gasteiger partial charge in [-0.2, -0.15) is 0 Å². The number of sulfonamides is 1. The van der Waals surface area contributed by atoms with E-state index >= 15 is 0 Å². The fraction of sp³-hybridized carbons (Fsp3) is 0.100. The molecular formula is C20H16ClN3O6S. The lowest BCUT2D eigenvalue weighted by Crippen LogP contribution is -2.13. The van der Waals surface area contributed by atoms with E-state index in [2.05, 4.69) is 14.7 Å². The molecule has 0 radical (unpaired) electrons. The highest BCUT2D eigenvalue weighted by atomic mass is 35.5. The number of H-pyrrole nitrogens is 2. The molecule has 0 saturated carbocycles. The van der Waals surface area contributed by atoms with Crippen molar-refractivity contribution >= 4 is 55.3 Å². The van der Waals surface area contributed by atoms with Crippen LogP contribution in [0, 0.1) is 0 Å². The summed E-state index contributed by atoms with van der Waals surface area (Å²) in [7, 11) is -3.96. The highest BCUT2D eigenvalue weighted by Crippen LogP contribution is 2.32. The second-order valence-corrected chi connectivity index (χ2v) is 8.50. The van der Waals surface area contributed by atoms with Gasteiger partial charge in [-0.1, -0.05) is 23.7 Å². The van der Waals surface area contributed by atoms with Gasteiger partial charge in [-0.25, -0.2) is 13.2 Å². The topological polar surface area (TPSA) is 130 Å². The number of pyridine rings is 1. The first-order chi connectivity index (χ1) is 14.8. The SMILES string of the molecule is CCOC(=O)Oc1c[nH]c2c(=O)[nH]c3ccc(NS(=O)(=O)c4ccccc4Cl)cc3c12. The third-order valence-corrected chi connectivity index (χ3v) is 6.32. The number of hydrogen-bond donors (Lipinski definition) is 3. The van der Waals surface area contributed by atoms with E-state index in [1.54, 1.807) is 25.1 Å². The Morgan fingerprint density at radius 3 is 2.71 bits per heavy atom. The molecule has 31 heavy (non-hydrogen) atoms. The van der Waals surface area contributed by atoms with Crippen molar-refractivity contribution in [3.8, 4) is 5.75 Å². The number of carbonyl (C=O) groups is 1. The molecule has 0 unspecified atom stereocenters. The smallest absolute Gasteiger partial charge is 0.434 e. The minimum absolute atomic E-state index is 0.0728. The molecule has 4 aromatic rings. The average molecular weight is 462 g/mol. The molecule has 0 atom stereocenters. The number of rotatable bonds is 5. The molecule has 2 heterocycles. The lowest BCUT2D eigenvalue weighted by Gasteiger charge is -2.11. The number of halogens is 1. The molecule has 0 fully saturated rings. The van der Waals surface area contributed by atoms with Gasteiger partial charge in [0.1, 0.15) is 10.4 Å². The van der Waals surface area contributed by atoms with E-state index in [0.29, 0.717) is 16.3 Å². The van der Waals surface area contributed by atoms with Gasteiger partial charge in [0.05, 0.1) is 17.0 Å². The normalized spacial score (nSPS) is 11.5. The van der Waals surface area contributed by atoms with Crippen LogP contribution in [0.2, 0.25) is 5.02 Å². The zero-order valence-corrected chi connectivity index (χ0v) is 17.6. The number of ether oxygens (including phenoxy) is 2. The molecule has 0 aliphatic heterocycles. The Balaban J connectivity index is 1.83. The van der Waals surface area contributed by atoms with Crippen molar-refractivity contribution in [3.05, 3.63) is 64.0 Å². The summed E-state index contributed by atoms with van der Waals surface area (Å²) >= 11 is 6.02. The lowest BCUT2D eigenvalue weighted by molar-refractivity contribution is 0.105. The third kappa shape index (κ3) is 3.94. The molecule has 0 bridgehead atoms. The first-order valence-corrected chi connectivity index (χ1v) is 11.0. The zero-order chi connectivity index (χ0) is 22.2. The molecule has 3 N–H and O–H groups in total. The number of fused-ring (bicyclic) bond motifs is 3. The molecule has 2 aromatic carbocycles. The summed E-state index contributed by atoms with van der Waals surface area (Å²) in [4.78, 5) is 29.5. The fourth-order valence-electron chi connectivity index (χ4n) is 3.15. The largest absolute Gasteiger partial charge is 0.513 e. The summed E-state index contributed by atoms with van der Waals surface area (Å²) in [6.07, 6.45) is 0.434. The molecule has 0 aliphatic carbocycles. The molecule has 11 heteroatoms. The highest BCUT2D eigenvalue weighted by molar-refractivity contribution is 7.92. The quantitative estimate of drug-likeness (QED) is 0.385. The van der Waals surface area contributed by atoms with Gasteiger partial charge >= 0.3 is 6.16 Å². The minimum Gasteiger partial charge on any atom is -0.434 e. The number of anilines is 1. The zero-order valence-electron chi connectivity index (χ0n) is 16.1. The monoisotopic (exact) mass is 461 g/mol. The van der Waals surface area contributed by atoms with Gasteiger partial charge in [-0.3, -0.25) is 9.52 Å². The van der Waals surface area contributed by atoms with Crippen molar-refractivity contribution < 1.29 is 22.7 Å². The van der Waals surface area contributed by atoms with Crippen LogP contribution in [0.5, 0.6) is 5.75 Å². The number of carbonyl (C=O) groups excluding carboxylic acids is 1. The van der Waals surface area contributed by atoms with Crippen LogP contribution < -0.4 is 15.0 Å². The van der Waals surface area contributed by atoms with Crippen LogP contribution in [-0.4, -0.2) is 31.1 Å². The van der Waals surface area contributed by atoms with Crippen molar-refractivity contribution in [1.82, 2.24) is 9.97 Å². The summed E-state index contributed by atoms with van der Waals surface area (Å²) in [6.45, 7) is 1.75. The maximum atomic E-state index is 12.8. The van der Waals surface area contributed by atoms with Crippen LogP contribution in [0.4, 0.5) is 10.5 Å². The number of aromatic nitrogens is 2. The van der Waals surface area contributed by atoms with Crippen molar-refractivity contribution in [2.24, 2.45) is 0 Å². The lowest BCUT2D eigenvalue weighted by atomic mass is 10.1. The van der Waals surface area contributed by atoms with Gasteiger partial charge < -0.3 is 19.4 Å². The van der Waals surface area contributed by atoms with Crippen LogP contribution >= 0.6 is 11.6 Å². The van der Waals surface area contributed by atoms with E-state index in [1.165, 1.54) is 30.5 Å². The van der Waals surface area contributed by atoms with Crippen molar-refractivity contribution in [2.45, 2.75) is 11.8 Å². The molecule has 0 spiro atoms. The average Bonchev–Trinajstić information content (AvgIpc) is 3.13. The Morgan fingerprint density at radius 1 is 1.19 bits per heavy atom. The molecular weight excluding hydrogens is 446 g/mol. The second-order valence-electron chi connectivity index (χ2n) is 6.44. The van der Waals surface area contributed by atoms with E-state index in [9.17, 15) is 18.0 Å². The highest BCUT2D eigenvalue weighted by Gasteiger charge is 2.20. The summed E-state index contributed by atoms with van der Waals surface area (Å²) < 4.78 is 38.0. The van der Waals surface area contributed by atoms with Crippen molar-refractivity contribution in [2.75, 3.05) is 11.3 Å². The van der Waals surface area contributed by atoms with Crippen LogP contribution in [0.1, 0.15) is 6.92 Å². The van der Waals surface area contributed by atoms with Crippen LogP contribution in [0.25, 0.3) is 21.8 Å². The van der Waals surface area contributed by atoms with Crippen LogP contribution in [-0.2, 0) is 14.8 Å². The van der Waals surface area contributed by atoms with E-state index in [-0.39, 0.29) is 33.5 Å². The molecule has 0 aliphatic rings. The molecule has 160 valence electrons. The van der Waals surface area contributed by atoms with Gasteiger partial charge in [0, 0.05) is 22.8 Å². The predicted octanol–water partition coefficient (Wildman–Crippen LogP) is 4.00. The van der Waals surface area contributed by atoms with Crippen LogP contribution in [0.3, 0.4) is 0 Å². The second kappa shape index (κ2) is 7.97. The van der Waals surface area contributed by atoms with Crippen molar-refractivity contribution in [1.29, 1.82) is 0 Å². The molecule has 2 aromatic heterocycles. The third-order valence-electron chi connectivity index (χ3n) is 4.44. The van der Waals surface area contributed by atoms with Gasteiger partial charge in [-0.05, 0) is 37.3 Å². The van der Waals surface area contributed by atoms with Gasteiger partial charge in [0.2, 0.25) is 0 Å². The van der Waals surface area contributed by atoms with E-state index in [4.69, 9.17) is 21.1 Å².